The third-order valence-electron chi connectivity index (χ3n) is 6.39. The lowest BCUT2D eigenvalue weighted by molar-refractivity contribution is 0.0662. The molecule has 2 aromatic rings. The van der Waals surface area contributed by atoms with Crippen molar-refractivity contribution >= 4 is 5.91 Å². The van der Waals surface area contributed by atoms with E-state index in [1.165, 1.54) is 49.1 Å². The van der Waals surface area contributed by atoms with Crippen molar-refractivity contribution < 1.29 is 4.79 Å². The number of benzene rings is 2. The SMILES string of the molecule is C=C(CN1CCCCC1)CC1(C)CN(Cc2ccccc2)C(=O)c2ccccc21. The standard InChI is InChI=1S/C26H32N2O/c1-21(18-27-15-9-4-10-16-27)17-26(2)20-28(19-22-11-5-3-6-12-22)25(29)23-13-7-8-14-24(23)26/h3,5-8,11-14H,1,4,9-10,15-20H2,2H3. The third kappa shape index (κ3) is 4.45. The minimum absolute atomic E-state index is 0.105. The monoisotopic (exact) mass is 388 g/mol. The van der Waals surface area contributed by atoms with Gasteiger partial charge in [0, 0.05) is 30.6 Å². The lowest BCUT2D eigenvalue weighted by Gasteiger charge is -2.43. The highest BCUT2D eigenvalue weighted by molar-refractivity contribution is 5.97. The summed E-state index contributed by atoms with van der Waals surface area (Å²) in [6.07, 6.45) is 4.86. The molecule has 0 radical (unpaired) electrons. The number of rotatable bonds is 6. The first kappa shape index (κ1) is 19.9. The molecule has 0 saturated carbocycles. The van der Waals surface area contributed by atoms with Gasteiger partial charge in [-0.15, -0.1) is 0 Å². The topological polar surface area (TPSA) is 23.6 Å². The molecule has 2 aliphatic rings. The molecule has 4 rings (SSSR count). The van der Waals surface area contributed by atoms with Crippen molar-refractivity contribution in [3.63, 3.8) is 0 Å². The van der Waals surface area contributed by atoms with E-state index in [4.69, 9.17) is 0 Å². The average molecular weight is 389 g/mol. The summed E-state index contributed by atoms with van der Waals surface area (Å²) in [4.78, 5) is 17.8. The Hall–Kier alpha value is -2.39. The Morgan fingerprint density at radius 2 is 1.69 bits per heavy atom. The Kier molecular flexibility index (Phi) is 5.86. The maximum atomic E-state index is 13.2. The Balaban J connectivity index is 1.56. The van der Waals surface area contributed by atoms with Crippen molar-refractivity contribution in [3.8, 4) is 0 Å². The second-order valence-electron chi connectivity index (χ2n) is 9.02. The Morgan fingerprint density at radius 1 is 1.00 bits per heavy atom. The van der Waals surface area contributed by atoms with Crippen LogP contribution in [0.25, 0.3) is 0 Å². The molecule has 3 heteroatoms. The van der Waals surface area contributed by atoms with Gasteiger partial charge in [-0.05, 0) is 49.5 Å². The molecule has 2 heterocycles. The zero-order chi connectivity index (χ0) is 20.3. The molecule has 3 nitrogen and oxygen atoms in total. The Labute approximate surface area is 175 Å². The number of nitrogens with zero attached hydrogens (tertiary/aromatic N) is 2. The van der Waals surface area contributed by atoms with Gasteiger partial charge in [0.05, 0.1) is 0 Å². The first-order valence-corrected chi connectivity index (χ1v) is 10.9. The van der Waals surface area contributed by atoms with E-state index < -0.39 is 0 Å². The number of amides is 1. The van der Waals surface area contributed by atoms with Crippen LogP contribution in [-0.2, 0) is 12.0 Å². The molecular formula is C26H32N2O. The highest BCUT2D eigenvalue weighted by atomic mass is 16.2. The van der Waals surface area contributed by atoms with Crippen molar-refractivity contribution in [2.45, 2.75) is 44.6 Å². The van der Waals surface area contributed by atoms with Gasteiger partial charge < -0.3 is 4.90 Å². The van der Waals surface area contributed by atoms with E-state index in [2.05, 4.69) is 42.7 Å². The lowest BCUT2D eigenvalue weighted by Crippen LogP contribution is -2.48. The van der Waals surface area contributed by atoms with Gasteiger partial charge in [-0.1, -0.05) is 74.0 Å². The second kappa shape index (κ2) is 8.54. The van der Waals surface area contributed by atoms with Crippen LogP contribution in [0, 0.1) is 0 Å². The highest BCUT2D eigenvalue weighted by Gasteiger charge is 2.39. The van der Waals surface area contributed by atoms with E-state index in [1.54, 1.807) is 0 Å². The molecule has 1 unspecified atom stereocenters. The molecule has 29 heavy (non-hydrogen) atoms. The number of fused-ring (bicyclic) bond motifs is 1. The van der Waals surface area contributed by atoms with Crippen molar-refractivity contribution in [1.29, 1.82) is 0 Å². The smallest absolute Gasteiger partial charge is 0.254 e. The number of carbonyl (C=O) groups is 1. The van der Waals surface area contributed by atoms with Gasteiger partial charge in [0.2, 0.25) is 0 Å². The maximum Gasteiger partial charge on any atom is 0.254 e. The van der Waals surface area contributed by atoms with Gasteiger partial charge in [0.15, 0.2) is 0 Å². The minimum atomic E-state index is -0.105. The summed E-state index contributed by atoms with van der Waals surface area (Å²) in [6.45, 7) is 11.5. The van der Waals surface area contributed by atoms with E-state index in [0.29, 0.717) is 6.54 Å². The summed E-state index contributed by atoms with van der Waals surface area (Å²) < 4.78 is 0. The summed E-state index contributed by atoms with van der Waals surface area (Å²) in [7, 11) is 0. The second-order valence-corrected chi connectivity index (χ2v) is 9.02. The van der Waals surface area contributed by atoms with Crippen LogP contribution in [0.2, 0.25) is 0 Å². The number of carbonyl (C=O) groups excluding carboxylic acids is 1. The van der Waals surface area contributed by atoms with E-state index in [-0.39, 0.29) is 11.3 Å². The summed E-state index contributed by atoms with van der Waals surface area (Å²) in [6, 6.07) is 18.5. The Morgan fingerprint density at radius 3 is 2.45 bits per heavy atom. The van der Waals surface area contributed by atoms with Crippen LogP contribution in [0.4, 0.5) is 0 Å². The van der Waals surface area contributed by atoms with Gasteiger partial charge in [0.25, 0.3) is 5.91 Å². The molecule has 1 saturated heterocycles. The predicted molar refractivity (Wildman–Crippen MR) is 119 cm³/mol. The van der Waals surface area contributed by atoms with Crippen molar-refractivity contribution in [2.75, 3.05) is 26.2 Å². The van der Waals surface area contributed by atoms with Crippen LogP contribution in [0.1, 0.15) is 54.1 Å². The van der Waals surface area contributed by atoms with Crippen LogP contribution in [0.5, 0.6) is 0 Å². The zero-order valence-electron chi connectivity index (χ0n) is 17.6. The maximum absolute atomic E-state index is 13.2. The van der Waals surface area contributed by atoms with Crippen LogP contribution in [0.3, 0.4) is 0 Å². The fourth-order valence-corrected chi connectivity index (χ4v) is 5.07. The number of hydrogen-bond acceptors (Lipinski definition) is 2. The summed E-state index contributed by atoms with van der Waals surface area (Å²) in [5, 5.41) is 0. The normalized spacial score (nSPS) is 22.4. The first-order valence-electron chi connectivity index (χ1n) is 10.9. The molecule has 0 aliphatic carbocycles. The molecular weight excluding hydrogens is 356 g/mol. The zero-order valence-corrected chi connectivity index (χ0v) is 17.6. The minimum Gasteiger partial charge on any atom is -0.333 e. The van der Waals surface area contributed by atoms with Crippen LogP contribution < -0.4 is 0 Å². The van der Waals surface area contributed by atoms with E-state index in [0.717, 1.165) is 25.1 Å². The van der Waals surface area contributed by atoms with Crippen LogP contribution in [0.15, 0.2) is 66.7 Å². The molecule has 152 valence electrons. The van der Waals surface area contributed by atoms with Crippen LogP contribution >= 0.6 is 0 Å². The summed E-state index contributed by atoms with van der Waals surface area (Å²) in [5.74, 6) is 0.142. The molecule has 0 aromatic heterocycles. The number of likely N-dealkylation sites (tertiary alicyclic amines) is 1. The van der Waals surface area contributed by atoms with E-state index in [1.807, 2.05) is 35.2 Å². The number of hydrogen-bond donors (Lipinski definition) is 0. The van der Waals surface area contributed by atoms with Crippen molar-refractivity contribution in [2.24, 2.45) is 0 Å². The molecule has 0 spiro atoms. The molecule has 1 atom stereocenters. The van der Waals surface area contributed by atoms with Gasteiger partial charge >= 0.3 is 0 Å². The molecule has 2 aromatic carbocycles. The molecule has 0 bridgehead atoms. The fraction of sp³-hybridized carbons (Fsp3) is 0.423. The average Bonchev–Trinajstić information content (AvgIpc) is 2.73. The van der Waals surface area contributed by atoms with Gasteiger partial charge in [-0.25, -0.2) is 0 Å². The summed E-state index contributed by atoms with van der Waals surface area (Å²) >= 11 is 0. The van der Waals surface area contributed by atoms with Crippen LogP contribution in [-0.4, -0.2) is 41.9 Å². The molecule has 2 aliphatic heterocycles. The third-order valence-corrected chi connectivity index (χ3v) is 6.39. The van der Waals surface area contributed by atoms with Gasteiger partial charge in [0.1, 0.15) is 0 Å². The summed E-state index contributed by atoms with van der Waals surface area (Å²) in [5.41, 5.74) is 4.37. The fourth-order valence-electron chi connectivity index (χ4n) is 5.07. The largest absolute Gasteiger partial charge is 0.333 e. The molecule has 1 amide bonds. The van der Waals surface area contributed by atoms with Gasteiger partial charge in [-0.3, -0.25) is 9.69 Å². The quantitative estimate of drug-likeness (QED) is 0.648. The highest BCUT2D eigenvalue weighted by Crippen LogP contribution is 2.38. The van der Waals surface area contributed by atoms with Crippen molar-refractivity contribution in [3.05, 3.63) is 83.4 Å². The van der Waals surface area contributed by atoms with E-state index in [9.17, 15) is 4.79 Å². The molecule has 1 fully saturated rings. The predicted octanol–water partition coefficient (Wildman–Crippen LogP) is 5.03. The number of piperidine rings is 1. The molecule has 0 N–H and O–H groups in total. The lowest BCUT2D eigenvalue weighted by atomic mass is 9.72. The van der Waals surface area contributed by atoms with Gasteiger partial charge in [-0.2, -0.15) is 0 Å². The first-order chi connectivity index (χ1) is 14.0. The van der Waals surface area contributed by atoms with E-state index >= 15 is 0 Å². The Bertz CT molecular complexity index is 869. The van der Waals surface area contributed by atoms with Crippen molar-refractivity contribution in [1.82, 2.24) is 9.80 Å².